The Hall–Kier alpha value is -2.84. The SMILES string of the molecule is CCOC(=O)CNC(=O)CSc1nnc(-c2ccc(Cl)cc2)n1-c1ccc(C)cc1. The third kappa shape index (κ3) is 5.61. The van der Waals surface area contributed by atoms with Crippen LogP contribution in [0, 0.1) is 6.92 Å². The van der Waals surface area contributed by atoms with Gasteiger partial charge in [-0.2, -0.15) is 0 Å². The lowest BCUT2D eigenvalue weighted by atomic mass is 10.2. The average molecular weight is 445 g/mol. The topological polar surface area (TPSA) is 86.1 Å². The second-order valence-corrected chi connectivity index (χ2v) is 7.73. The fourth-order valence-electron chi connectivity index (χ4n) is 2.64. The number of rotatable bonds is 8. The van der Waals surface area contributed by atoms with Gasteiger partial charge in [0, 0.05) is 16.3 Å². The summed E-state index contributed by atoms with van der Waals surface area (Å²) in [6, 6.07) is 15.3. The highest BCUT2D eigenvalue weighted by molar-refractivity contribution is 7.99. The zero-order valence-corrected chi connectivity index (χ0v) is 18.2. The maximum absolute atomic E-state index is 12.1. The molecule has 3 rings (SSSR count). The van der Waals surface area contributed by atoms with E-state index in [1.54, 1.807) is 19.1 Å². The van der Waals surface area contributed by atoms with Gasteiger partial charge in [0.25, 0.3) is 0 Å². The van der Waals surface area contributed by atoms with E-state index >= 15 is 0 Å². The number of hydrogen-bond donors (Lipinski definition) is 1. The quantitative estimate of drug-likeness (QED) is 0.421. The molecule has 0 unspecified atom stereocenters. The van der Waals surface area contributed by atoms with Gasteiger partial charge in [-0.1, -0.05) is 41.1 Å². The van der Waals surface area contributed by atoms with E-state index in [2.05, 4.69) is 15.5 Å². The summed E-state index contributed by atoms with van der Waals surface area (Å²) in [7, 11) is 0. The minimum atomic E-state index is -0.469. The summed E-state index contributed by atoms with van der Waals surface area (Å²) in [4.78, 5) is 23.5. The molecule has 0 fully saturated rings. The second kappa shape index (κ2) is 10.3. The number of ether oxygens (including phenoxy) is 1. The maximum Gasteiger partial charge on any atom is 0.325 e. The lowest BCUT2D eigenvalue weighted by Gasteiger charge is -2.11. The largest absolute Gasteiger partial charge is 0.465 e. The Morgan fingerprint density at radius 1 is 1.10 bits per heavy atom. The van der Waals surface area contributed by atoms with E-state index in [1.807, 2.05) is 47.9 Å². The Bertz CT molecular complexity index is 1020. The van der Waals surface area contributed by atoms with Gasteiger partial charge in [0.1, 0.15) is 6.54 Å². The number of thioether (sulfide) groups is 1. The first-order valence-electron chi connectivity index (χ1n) is 9.31. The zero-order chi connectivity index (χ0) is 21.5. The molecule has 2 aromatic carbocycles. The molecule has 0 saturated carbocycles. The van der Waals surface area contributed by atoms with Crippen LogP contribution >= 0.6 is 23.4 Å². The highest BCUT2D eigenvalue weighted by Gasteiger charge is 2.17. The van der Waals surface area contributed by atoms with Crippen LogP contribution in [-0.4, -0.2) is 45.5 Å². The highest BCUT2D eigenvalue weighted by Crippen LogP contribution is 2.28. The number of hydrogen-bond acceptors (Lipinski definition) is 6. The summed E-state index contributed by atoms with van der Waals surface area (Å²) in [6.07, 6.45) is 0. The van der Waals surface area contributed by atoms with Crippen molar-refractivity contribution in [3.05, 3.63) is 59.1 Å². The van der Waals surface area contributed by atoms with Gasteiger partial charge in [-0.05, 0) is 50.2 Å². The Labute approximate surface area is 183 Å². The number of aryl methyl sites for hydroxylation is 1. The third-order valence-electron chi connectivity index (χ3n) is 4.10. The average Bonchev–Trinajstić information content (AvgIpc) is 3.16. The van der Waals surface area contributed by atoms with Crippen molar-refractivity contribution in [3.8, 4) is 17.1 Å². The first-order valence-corrected chi connectivity index (χ1v) is 10.7. The van der Waals surface area contributed by atoms with E-state index < -0.39 is 5.97 Å². The molecular formula is C21H21ClN4O3S. The number of aromatic nitrogens is 3. The molecule has 1 amide bonds. The van der Waals surface area contributed by atoms with Gasteiger partial charge >= 0.3 is 5.97 Å². The minimum absolute atomic E-state index is 0.0873. The molecule has 0 bridgehead atoms. The number of nitrogens with one attached hydrogen (secondary N) is 1. The molecule has 0 saturated heterocycles. The molecule has 0 aliphatic carbocycles. The highest BCUT2D eigenvalue weighted by atomic mass is 35.5. The lowest BCUT2D eigenvalue weighted by molar-refractivity contribution is -0.143. The van der Waals surface area contributed by atoms with Crippen LogP contribution in [0.1, 0.15) is 12.5 Å². The number of esters is 1. The van der Waals surface area contributed by atoms with Crippen LogP contribution in [-0.2, 0) is 14.3 Å². The number of halogens is 1. The van der Waals surface area contributed by atoms with Crippen LogP contribution in [0.2, 0.25) is 5.02 Å². The molecule has 0 aliphatic heterocycles. The molecule has 1 aromatic heterocycles. The van der Waals surface area contributed by atoms with Crippen molar-refractivity contribution in [2.45, 2.75) is 19.0 Å². The van der Waals surface area contributed by atoms with E-state index in [-0.39, 0.29) is 24.8 Å². The summed E-state index contributed by atoms with van der Waals surface area (Å²) in [6.45, 7) is 3.84. The predicted molar refractivity (Wildman–Crippen MR) is 117 cm³/mol. The van der Waals surface area contributed by atoms with Crippen LogP contribution in [0.15, 0.2) is 53.7 Å². The molecule has 30 heavy (non-hydrogen) atoms. The van der Waals surface area contributed by atoms with Crippen molar-refractivity contribution >= 4 is 35.2 Å². The summed E-state index contributed by atoms with van der Waals surface area (Å²) < 4.78 is 6.70. The van der Waals surface area contributed by atoms with Crippen LogP contribution in [0.3, 0.4) is 0 Å². The summed E-state index contributed by atoms with van der Waals surface area (Å²) in [5, 5.41) is 12.4. The van der Waals surface area contributed by atoms with Crippen LogP contribution in [0.4, 0.5) is 0 Å². The fraction of sp³-hybridized carbons (Fsp3) is 0.238. The molecule has 0 spiro atoms. The normalized spacial score (nSPS) is 10.6. The van der Waals surface area contributed by atoms with Crippen molar-refractivity contribution in [3.63, 3.8) is 0 Å². The standard InChI is InChI=1S/C21H21ClN4O3S/c1-3-29-19(28)12-23-18(27)13-30-21-25-24-20(15-6-8-16(22)9-7-15)26(21)17-10-4-14(2)5-11-17/h4-11H,3,12-13H2,1-2H3,(H,23,27). The van der Waals surface area contributed by atoms with Gasteiger partial charge in [0.15, 0.2) is 11.0 Å². The Morgan fingerprint density at radius 3 is 2.47 bits per heavy atom. The van der Waals surface area contributed by atoms with Crippen LogP contribution < -0.4 is 5.32 Å². The molecule has 0 radical (unpaired) electrons. The zero-order valence-electron chi connectivity index (χ0n) is 16.6. The second-order valence-electron chi connectivity index (χ2n) is 6.35. The number of carbonyl (C=O) groups is 2. The number of amides is 1. The van der Waals surface area contributed by atoms with Gasteiger partial charge < -0.3 is 10.1 Å². The first-order chi connectivity index (χ1) is 14.5. The van der Waals surface area contributed by atoms with E-state index in [9.17, 15) is 9.59 Å². The number of benzene rings is 2. The minimum Gasteiger partial charge on any atom is -0.465 e. The van der Waals surface area contributed by atoms with Gasteiger partial charge in [0.2, 0.25) is 5.91 Å². The molecule has 3 aromatic rings. The van der Waals surface area contributed by atoms with Crippen LogP contribution in [0.5, 0.6) is 0 Å². The molecule has 1 N–H and O–H groups in total. The molecular weight excluding hydrogens is 424 g/mol. The summed E-state index contributed by atoms with van der Waals surface area (Å²) in [5.74, 6) is -0.0301. The molecule has 156 valence electrons. The summed E-state index contributed by atoms with van der Waals surface area (Å²) in [5.41, 5.74) is 2.86. The van der Waals surface area contributed by atoms with E-state index in [0.717, 1.165) is 16.8 Å². The molecule has 0 atom stereocenters. The molecule has 7 nitrogen and oxygen atoms in total. The Morgan fingerprint density at radius 2 is 1.80 bits per heavy atom. The van der Waals surface area contributed by atoms with Gasteiger partial charge in [0.05, 0.1) is 12.4 Å². The smallest absolute Gasteiger partial charge is 0.325 e. The maximum atomic E-state index is 12.1. The van der Waals surface area contributed by atoms with Crippen molar-refractivity contribution in [1.29, 1.82) is 0 Å². The first kappa shape index (κ1) is 21.9. The van der Waals surface area contributed by atoms with Crippen molar-refractivity contribution in [2.75, 3.05) is 18.9 Å². The van der Waals surface area contributed by atoms with Crippen molar-refractivity contribution in [2.24, 2.45) is 0 Å². The molecule has 9 heteroatoms. The summed E-state index contributed by atoms with van der Waals surface area (Å²) >= 11 is 7.25. The third-order valence-corrected chi connectivity index (χ3v) is 5.28. The Kier molecular flexibility index (Phi) is 7.48. The number of nitrogens with zero attached hydrogens (tertiary/aromatic N) is 3. The van der Waals surface area contributed by atoms with Crippen molar-refractivity contribution < 1.29 is 14.3 Å². The van der Waals surface area contributed by atoms with Gasteiger partial charge in [-0.15, -0.1) is 10.2 Å². The number of carbonyl (C=O) groups excluding carboxylic acids is 2. The van der Waals surface area contributed by atoms with E-state index in [1.165, 1.54) is 11.8 Å². The molecule has 1 heterocycles. The van der Waals surface area contributed by atoms with E-state index in [0.29, 0.717) is 16.0 Å². The van der Waals surface area contributed by atoms with Gasteiger partial charge in [-0.25, -0.2) is 0 Å². The monoisotopic (exact) mass is 444 g/mol. The van der Waals surface area contributed by atoms with Crippen molar-refractivity contribution in [1.82, 2.24) is 20.1 Å². The predicted octanol–water partition coefficient (Wildman–Crippen LogP) is 3.67. The lowest BCUT2D eigenvalue weighted by Crippen LogP contribution is -2.31. The fourth-order valence-corrected chi connectivity index (χ4v) is 3.55. The molecule has 0 aliphatic rings. The van der Waals surface area contributed by atoms with Crippen LogP contribution in [0.25, 0.3) is 17.1 Å². The van der Waals surface area contributed by atoms with E-state index in [4.69, 9.17) is 16.3 Å². The van der Waals surface area contributed by atoms with Gasteiger partial charge in [-0.3, -0.25) is 14.2 Å². The Balaban J connectivity index is 1.82.